The molecule has 94 valence electrons. The van der Waals surface area contributed by atoms with E-state index < -0.39 is 5.97 Å². The summed E-state index contributed by atoms with van der Waals surface area (Å²) in [6.07, 6.45) is 1.40. The van der Waals surface area contributed by atoms with E-state index in [9.17, 15) is 4.79 Å². The minimum Gasteiger partial charge on any atom is -0.475 e. The van der Waals surface area contributed by atoms with Gasteiger partial charge in [0.05, 0.1) is 6.26 Å². The molecule has 0 radical (unpaired) electrons. The molecule has 1 N–H and O–H groups in total. The van der Waals surface area contributed by atoms with Crippen molar-refractivity contribution < 1.29 is 14.3 Å². The number of carboxylic acid groups (broad SMARTS) is 1. The van der Waals surface area contributed by atoms with Crippen molar-refractivity contribution in [3.05, 3.63) is 52.4 Å². The second-order valence-corrected chi connectivity index (χ2v) is 4.83. The molecule has 4 nitrogen and oxygen atoms in total. The zero-order valence-electron chi connectivity index (χ0n) is 9.76. The lowest BCUT2D eigenvalue weighted by atomic mass is 10.2. The Balaban J connectivity index is 2.16. The van der Waals surface area contributed by atoms with Gasteiger partial charge in [-0.1, -0.05) is 15.9 Å². The van der Waals surface area contributed by atoms with Crippen LogP contribution in [0.5, 0.6) is 0 Å². The summed E-state index contributed by atoms with van der Waals surface area (Å²) in [5.74, 6) is -1.04. The number of aromatic carboxylic acids is 1. The van der Waals surface area contributed by atoms with Crippen LogP contribution in [0, 0.1) is 0 Å². The Kier molecular flexibility index (Phi) is 3.72. The fourth-order valence-electron chi connectivity index (χ4n) is 1.69. The summed E-state index contributed by atoms with van der Waals surface area (Å²) < 4.78 is 5.96. The Morgan fingerprint density at radius 2 is 2.00 bits per heavy atom. The van der Waals surface area contributed by atoms with E-state index in [1.54, 1.807) is 6.07 Å². The van der Waals surface area contributed by atoms with E-state index in [-0.39, 0.29) is 5.76 Å². The molecule has 0 aliphatic heterocycles. The number of carboxylic acids is 1. The average molecular weight is 310 g/mol. The maximum absolute atomic E-state index is 10.9. The number of carbonyl (C=O) groups is 1. The molecular weight excluding hydrogens is 298 g/mol. The van der Waals surface area contributed by atoms with Crippen LogP contribution >= 0.6 is 15.9 Å². The molecule has 18 heavy (non-hydrogen) atoms. The minimum absolute atomic E-state index is 0.000961. The van der Waals surface area contributed by atoms with Gasteiger partial charge in [0.15, 0.2) is 0 Å². The van der Waals surface area contributed by atoms with Gasteiger partial charge in [-0.3, -0.25) is 0 Å². The number of halogens is 1. The molecule has 0 fully saturated rings. The van der Waals surface area contributed by atoms with E-state index in [0.29, 0.717) is 12.1 Å². The normalized spacial score (nSPS) is 10.3. The number of furan rings is 1. The molecule has 1 heterocycles. The van der Waals surface area contributed by atoms with Crippen LogP contribution in [-0.2, 0) is 6.54 Å². The fourth-order valence-corrected chi connectivity index (χ4v) is 1.95. The molecule has 0 amide bonds. The van der Waals surface area contributed by atoms with Gasteiger partial charge in [0.25, 0.3) is 0 Å². The molecule has 5 heteroatoms. The highest BCUT2D eigenvalue weighted by atomic mass is 79.9. The van der Waals surface area contributed by atoms with Crippen molar-refractivity contribution in [3.8, 4) is 0 Å². The van der Waals surface area contributed by atoms with E-state index in [0.717, 1.165) is 10.2 Å². The molecule has 0 saturated carbocycles. The van der Waals surface area contributed by atoms with Crippen LogP contribution < -0.4 is 4.90 Å². The van der Waals surface area contributed by atoms with Gasteiger partial charge in [-0.05, 0) is 30.3 Å². The number of benzene rings is 1. The van der Waals surface area contributed by atoms with Crippen LogP contribution in [0.1, 0.15) is 16.1 Å². The summed E-state index contributed by atoms with van der Waals surface area (Å²) in [6.45, 7) is 0.486. The van der Waals surface area contributed by atoms with Gasteiger partial charge in [0, 0.05) is 29.3 Å². The monoisotopic (exact) mass is 309 g/mol. The standard InChI is InChI=1S/C13H12BrNO3/c1-15(11-4-2-10(14)3-5-11)8-9-6-7-18-12(9)13(16)17/h2-7H,8H2,1H3,(H,16,17). The lowest BCUT2D eigenvalue weighted by Crippen LogP contribution is -2.17. The lowest BCUT2D eigenvalue weighted by Gasteiger charge is -2.18. The molecule has 0 spiro atoms. The number of rotatable bonds is 4. The van der Waals surface area contributed by atoms with Crippen LogP contribution in [0.15, 0.2) is 45.5 Å². The first kappa shape index (κ1) is 12.7. The van der Waals surface area contributed by atoms with Crippen molar-refractivity contribution in [1.82, 2.24) is 0 Å². The van der Waals surface area contributed by atoms with Crippen molar-refractivity contribution in [1.29, 1.82) is 0 Å². The maximum Gasteiger partial charge on any atom is 0.372 e. The summed E-state index contributed by atoms with van der Waals surface area (Å²) in [5.41, 5.74) is 1.67. The summed E-state index contributed by atoms with van der Waals surface area (Å²) in [4.78, 5) is 12.9. The molecule has 0 unspecified atom stereocenters. The smallest absolute Gasteiger partial charge is 0.372 e. The Labute approximate surface area is 113 Å². The van der Waals surface area contributed by atoms with Crippen LogP contribution in [-0.4, -0.2) is 18.1 Å². The van der Waals surface area contributed by atoms with Crippen molar-refractivity contribution in [2.75, 3.05) is 11.9 Å². The maximum atomic E-state index is 10.9. The van der Waals surface area contributed by atoms with Crippen LogP contribution in [0.3, 0.4) is 0 Å². The first-order valence-electron chi connectivity index (χ1n) is 5.34. The van der Waals surface area contributed by atoms with Crippen molar-refractivity contribution in [3.63, 3.8) is 0 Å². The lowest BCUT2D eigenvalue weighted by molar-refractivity contribution is 0.0661. The van der Waals surface area contributed by atoms with E-state index in [4.69, 9.17) is 9.52 Å². The third-order valence-electron chi connectivity index (χ3n) is 2.62. The summed E-state index contributed by atoms with van der Waals surface area (Å²) in [6, 6.07) is 9.49. The topological polar surface area (TPSA) is 53.7 Å². The number of anilines is 1. The van der Waals surface area contributed by atoms with Crippen LogP contribution in [0.25, 0.3) is 0 Å². The predicted molar refractivity (Wildman–Crippen MR) is 71.9 cm³/mol. The summed E-state index contributed by atoms with van der Waals surface area (Å²) in [5, 5.41) is 8.96. The Morgan fingerprint density at radius 1 is 1.33 bits per heavy atom. The highest BCUT2D eigenvalue weighted by Crippen LogP contribution is 2.20. The molecule has 0 aliphatic rings. The van der Waals surface area contributed by atoms with Gasteiger partial charge in [-0.25, -0.2) is 4.79 Å². The van der Waals surface area contributed by atoms with Gasteiger partial charge >= 0.3 is 5.97 Å². The quantitative estimate of drug-likeness (QED) is 0.940. The largest absolute Gasteiger partial charge is 0.475 e. The summed E-state index contributed by atoms with van der Waals surface area (Å²) in [7, 11) is 1.90. The first-order valence-corrected chi connectivity index (χ1v) is 6.13. The molecule has 0 bridgehead atoms. The van der Waals surface area contributed by atoms with Crippen molar-refractivity contribution in [2.45, 2.75) is 6.54 Å². The first-order chi connectivity index (χ1) is 8.58. The second kappa shape index (κ2) is 5.27. The highest BCUT2D eigenvalue weighted by Gasteiger charge is 2.15. The molecule has 1 aromatic heterocycles. The number of nitrogens with zero attached hydrogens (tertiary/aromatic N) is 1. The van der Waals surface area contributed by atoms with Crippen molar-refractivity contribution >= 4 is 27.6 Å². The van der Waals surface area contributed by atoms with Gasteiger partial charge < -0.3 is 14.4 Å². The van der Waals surface area contributed by atoms with Gasteiger partial charge in [-0.2, -0.15) is 0 Å². The van der Waals surface area contributed by atoms with E-state index in [1.807, 2.05) is 36.2 Å². The molecular formula is C13H12BrNO3. The zero-order chi connectivity index (χ0) is 13.1. The molecule has 2 rings (SSSR count). The Hall–Kier alpha value is -1.75. The predicted octanol–water partition coefficient (Wildman–Crippen LogP) is 3.38. The molecule has 0 saturated heterocycles. The minimum atomic E-state index is -1.04. The van der Waals surface area contributed by atoms with E-state index >= 15 is 0 Å². The zero-order valence-corrected chi connectivity index (χ0v) is 11.3. The Bertz CT molecular complexity index is 548. The highest BCUT2D eigenvalue weighted by molar-refractivity contribution is 9.10. The molecule has 2 aromatic rings. The van der Waals surface area contributed by atoms with Gasteiger partial charge in [-0.15, -0.1) is 0 Å². The van der Waals surface area contributed by atoms with Gasteiger partial charge in [0.1, 0.15) is 0 Å². The Morgan fingerprint density at radius 3 is 2.61 bits per heavy atom. The van der Waals surface area contributed by atoms with Crippen LogP contribution in [0.2, 0.25) is 0 Å². The van der Waals surface area contributed by atoms with Crippen molar-refractivity contribution in [2.24, 2.45) is 0 Å². The fraction of sp³-hybridized carbons (Fsp3) is 0.154. The molecule has 0 aliphatic carbocycles. The van der Waals surface area contributed by atoms with Crippen LogP contribution in [0.4, 0.5) is 5.69 Å². The third kappa shape index (κ3) is 2.73. The average Bonchev–Trinajstić information content (AvgIpc) is 2.78. The van der Waals surface area contributed by atoms with E-state index in [2.05, 4.69) is 15.9 Å². The second-order valence-electron chi connectivity index (χ2n) is 3.91. The van der Waals surface area contributed by atoms with Gasteiger partial charge in [0.2, 0.25) is 5.76 Å². The number of hydrogen-bond donors (Lipinski definition) is 1. The molecule has 0 atom stereocenters. The molecule has 1 aromatic carbocycles. The third-order valence-corrected chi connectivity index (χ3v) is 3.14. The SMILES string of the molecule is CN(Cc1ccoc1C(=O)O)c1ccc(Br)cc1. The summed E-state index contributed by atoms with van der Waals surface area (Å²) >= 11 is 3.37. The van der Waals surface area contributed by atoms with E-state index in [1.165, 1.54) is 6.26 Å². The number of hydrogen-bond acceptors (Lipinski definition) is 3.